The SMILES string of the molecule is CCCCOc1ccc(Cl)cc1C(=O)CC(C)Cc1ccc(-c2ccc(C(=O)O)cc2)cc1. The summed E-state index contributed by atoms with van der Waals surface area (Å²) in [4.78, 5) is 24.0. The second kappa shape index (κ2) is 11.7. The van der Waals surface area contributed by atoms with Gasteiger partial charge in [0.2, 0.25) is 0 Å². The first-order valence-electron chi connectivity index (χ1n) is 11.3. The molecule has 0 bridgehead atoms. The van der Waals surface area contributed by atoms with Crippen molar-refractivity contribution in [3.63, 3.8) is 0 Å². The van der Waals surface area contributed by atoms with Gasteiger partial charge in [0, 0.05) is 11.4 Å². The molecule has 3 aromatic carbocycles. The summed E-state index contributed by atoms with van der Waals surface area (Å²) in [5.41, 5.74) is 3.95. The van der Waals surface area contributed by atoms with Gasteiger partial charge >= 0.3 is 5.97 Å². The summed E-state index contributed by atoms with van der Waals surface area (Å²) in [7, 11) is 0. The average Bonchev–Trinajstić information content (AvgIpc) is 2.80. The van der Waals surface area contributed by atoms with Crippen LogP contribution in [-0.4, -0.2) is 23.5 Å². The Morgan fingerprint density at radius 2 is 1.61 bits per heavy atom. The van der Waals surface area contributed by atoms with Gasteiger partial charge in [-0.1, -0.05) is 68.3 Å². The summed E-state index contributed by atoms with van der Waals surface area (Å²) >= 11 is 6.14. The summed E-state index contributed by atoms with van der Waals surface area (Å²) in [5, 5.41) is 9.57. The topological polar surface area (TPSA) is 63.6 Å². The van der Waals surface area contributed by atoms with Crippen LogP contribution >= 0.6 is 11.6 Å². The van der Waals surface area contributed by atoms with Crippen LogP contribution in [-0.2, 0) is 6.42 Å². The average molecular weight is 465 g/mol. The molecule has 0 fully saturated rings. The molecule has 1 N–H and O–H groups in total. The number of hydrogen-bond acceptors (Lipinski definition) is 3. The molecule has 3 rings (SSSR count). The number of carboxylic acids is 1. The Kier molecular flexibility index (Phi) is 8.67. The van der Waals surface area contributed by atoms with Gasteiger partial charge in [-0.05, 0) is 65.8 Å². The Bertz CT molecular complexity index is 1090. The van der Waals surface area contributed by atoms with Crippen LogP contribution < -0.4 is 4.74 Å². The molecule has 0 aromatic heterocycles. The number of ketones is 1. The summed E-state index contributed by atoms with van der Waals surface area (Å²) in [6.45, 7) is 4.75. The van der Waals surface area contributed by atoms with Crippen LogP contribution in [0.25, 0.3) is 11.1 Å². The number of benzene rings is 3. The summed E-state index contributed by atoms with van der Waals surface area (Å²) < 4.78 is 5.82. The van der Waals surface area contributed by atoms with Crippen molar-refractivity contribution >= 4 is 23.4 Å². The van der Waals surface area contributed by atoms with Gasteiger partial charge in [-0.2, -0.15) is 0 Å². The Morgan fingerprint density at radius 3 is 2.21 bits per heavy atom. The van der Waals surface area contributed by atoms with E-state index in [0.29, 0.717) is 29.4 Å². The molecular formula is C28H29ClO4. The fourth-order valence-corrected chi connectivity index (χ4v) is 3.88. The van der Waals surface area contributed by atoms with Crippen molar-refractivity contribution < 1.29 is 19.4 Å². The molecule has 3 aromatic rings. The molecule has 1 unspecified atom stereocenters. The lowest BCUT2D eigenvalue weighted by atomic mass is 9.92. The predicted octanol–water partition coefficient (Wildman–Crippen LogP) is 7.34. The number of hydrogen-bond donors (Lipinski definition) is 1. The molecule has 0 heterocycles. The van der Waals surface area contributed by atoms with Crippen LogP contribution in [0.4, 0.5) is 0 Å². The standard InChI is InChI=1S/C28H29ClO4/c1-3-4-15-33-27-14-13-24(29)18-25(27)26(30)17-19(2)16-20-5-7-21(8-6-20)22-9-11-23(12-10-22)28(31)32/h5-14,18-19H,3-4,15-17H2,1-2H3,(H,31,32). The van der Waals surface area contributed by atoms with Gasteiger partial charge in [-0.15, -0.1) is 0 Å². The van der Waals surface area contributed by atoms with E-state index in [0.717, 1.165) is 36.0 Å². The molecule has 0 amide bonds. The van der Waals surface area contributed by atoms with Crippen LogP contribution in [0.5, 0.6) is 5.75 Å². The molecule has 5 heteroatoms. The number of Topliss-reactive ketones (excluding diaryl/α,β-unsaturated/α-hetero) is 1. The Hall–Kier alpha value is -3.11. The van der Waals surface area contributed by atoms with Crippen LogP contribution in [0, 0.1) is 5.92 Å². The molecule has 172 valence electrons. The van der Waals surface area contributed by atoms with Crippen molar-refractivity contribution in [3.05, 3.63) is 88.4 Å². The molecule has 4 nitrogen and oxygen atoms in total. The Balaban J connectivity index is 1.62. The van der Waals surface area contributed by atoms with Gasteiger partial charge in [0.25, 0.3) is 0 Å². The Labute approximate surface area is 200 Å². The Morgan fingerprint density at radius 1 is 0.970 bits per heavy atom. The molecular weight excluding hydrogens is 436 g/mol. The van der Waals surface area contributed by atoms with Crippen molar-refractivity contribution in [2.45, 2.75) is 39.5 Å². The zero-order chi connectivity index (χ0) is 23.8. The largest absolute Gasteiger partial charge is 0.493 e. The van der Waals surface area contributed by atoms with E-state index >= 15 is 0 Å². The van der Waals surface area contributed by atoms with Crippen LogP contribution in [0.3, 0.4) is 0 Å². The molecule has 0 aliphatic heterocycles. The lowest BCUT2D eigenvalue weighted by molar-refractivity contribution is 0.0696. The minimum Gasteiger partial charge on any atom is -0.493 e. The van der Waals surface area contributed by atoms with Gasteiger partial charge in [0.1, 0.15) is 5.75 Å². The molecule has 33 heavy (non-hydrogen) atoms. The summed E-state index contributed by atoms with van der Waals surface area (Å²) in [6, 6.07) is 20.2. The highest BCUT2D eigenvalue weighted by molar-refractivity contribution is 6.31. The highest BCUT2D eigenvalue weighted by atomic mass is 35.5. The highest BCUT2D eigenvalue weighted by Gasteiger charge is 2.17. The lowest BCUT2D eigenvalue weighted by Gasteiger charge is -2.14. The van der Waals surface area contributed by atoms with Gasteiger partial charge in [-0.3, -0.25) is 4.79 Å². The first kappa shape index (κ1) is 24.5. The molecule has 0 saturated heterocycles. The minimum absolute atomic E-state index is 0.0339. The van der Waals surface area contributed by atoms with Crippen molar-refractivity contribution in [3.8, 4) is 16.9 Å². The maximum Gasteiger partial charge on any atom is 0.335 e. The van der Waals surface area contributed by atoms with Gasteiger partial charge < -0.3 is 9.84 Å². The maximum atomic E-state index is 13.0. The fraction of sp³-hybridized carbons (Fsp3) is 0.286. The van der Waals surface area contributed by atoms with Crippen LogP contribution in [0.1, 0.15) is 59.4 Å². The van der Waals surface area contributed by atoms with Crippen molar-refractivity contribution in [1.29, 1.82) is 0 Å². The zero-order valence-electron chi connectivity index (χ0n) is 19.0. The number of aromatic carboxylic acids is 1. The van der Waals surface area contributed by atoms with E-state index < -0.39 is 5.97 Å². The van der Waals surface area contributed by atoms with E-state index in [1.54, 1.807) is 30.3 Å². The quantitative estimate of drug-likeness (QED) is 0.238. The number of carboxylic acid groups (broad SMARTS) is 1. The van der Waals surface area contributed by atoms with Gasteiger partial charge in [0.05, 0.1) is 17.7 Å². The summed E-state index contributed by atoms with van der Waals surface area (Å²) in [6.07, 6.45) is 3.14. The maximum absolute atomic E-state index is 13.0. The highest BCUT2D eigenvalue weighted by Crippen LogP contribution is 2.27. The van der Waals surface area contributed by atoms with Crippen LogP contribution in [0.2, 0.25) is 5.02 Å². The molecule has 0 saturated carbocycles. The van der Waals surface area contributed by atoms with Crippen molar-refractivity contribution in [2.24, 2.45) is 5.92 Å². The second-order valence-electron chi connectivity index (χ2n) is 8.36. The van der Waals surface area contributed by atoms with E-state index in [2.05, 4.69) is 26.0 Å². The first-order valence-corrected chi connectivity index (χ1v) is 11.6. The van der Waals surface area contributed by atoms with Crippen LogP contribution in [0.15, 0.2) is 66.7 Å². The number of halogens is 1. The summed E-state index contributed by atoms with van der Waals surface area (Å²) in [5.74, 6) is -0.145. The number of unbranched alkanes of at least 4 members (excludes halogenated alkanes) is 1. The molecule has 1 atom stereocenters. The van der Waals surface area contributed by atoms with E-state index in [1.807, 2.05) is 24.3 Å². The molecule has 0 spiro atoms. The van der Waals surface area contributed by atoms with Crippen molar-refractivity contribution in [1.82, 2.24) is 0 Å². The second-order valence-corrected chi connectivity index (χ2v) is 8.79. The van der Waals surface area contributed by atoms with E-state index in [9.17, 15) is 9.59 Å². The van der Waals surface area contributed by atoms with Crippen molar-refractivity contribution in [2.75, 3.05) is 6.61 Å². The predicted molar refractivity (Wildman–Crippen MR) is 133 cm³/mol. The monoisotopic (exact) mass is 464 g/mol. The van der Waals surface area contributed by atoms with Gasteiger partial charge in [-0.25, -0.2) is 4.79 Å². The van der Waals surface area contributed by atoms with Gasteiger partial charge in [0.15, 0.2) is 5.78 Å². The molecule has 0 radical (unpaired) electrons. The number of ether oxygens (including phenoxy) is 1. The third-order valence-electron chi connectivity index (χ3n) is 5.53. The van der Waals surface area contributed by atoms with E-state index in [4.69, 9.17) is 21.4 Å². The third-order valence-corrected chi connectivity index (χ3v) is 5.77. The number of carbonyl (C=O) groups is 2. The zero-order valence-corrected chi connectivity index (χ0v) is 19.8. The van der Waals surface area contributed by atoms with E-state index in [1.165, 1.54) is 0 Å². The number of carbonyl (C=O) groups excluding carboxylic acids is 1. The molecule has 0 aliphatic rings. The first-order chi connectivity index (χ1) is 15.9. The number of rotatable bonds is 11. The normalized spacial score (nSPS) is 11.7. The minimum atomic E-state index is -0.933. The molecule has 0 aliphatic carbocycles. The third kappa shape index (κ3) is 6.93. The lowest BCUT2D eigenvalue weighted by Crippen LogP contribution is -2.11. The van der Waals surface area contributed by atoms with E-state index in [-0.39, 0.29) is 17.3 Å². The fourth-order valence-electron chi connectivity index (χ4n) is 3.71. The smallest absolute Gasteiger partial charge is 0.335 e.